The Kier molecular flexibility index (Phi) is 7.69. The van der Waals surface area contributed by atoms with Gasteiger partial charge in [0.05, 0.1) is 35.5 Å². The predicted molar refractivity (Wildman–Crippen MR) is 125 cm³/mol. The number of benzene rings is 1. The molecule has 2 heterocycles. The number of nitrogens with zero attached hydrogens (tertiary/aromatic N) is 3. The fourth-order valence-corrected chi connectivity index (χ4v) is 3.40. The van der Waals surface area contributed by atoms with Gasteiger partial charge in [-0.25, -0.2) is 4.68 Å². The van der Waals surface area contributed by atoms with Crippen molar-refractivity contribution in [3.63, 3.8) is 0 Å². The third-order valence-corrected chi connectivity index (χ3v) is 5.10. The summed E-state index contributed by atoms with van der Waals surface area (Å²) in [6, 6.07) is 12.3. The third-order valence-electron chi connectivity index (χ3n) is 4.24. The molecule has 8 heteroatoms. The van der Waals surface area contributed by atoms with E-state index in [0.29, 0.717) is 25.1 Å². The number of nitrogens with one attached hydrogen (secondary N) is 1. The molecular weight excluding hydrogens is 412 g/mol. The molecule has 0 aliphatic carbocycles. The maximum Gasteiger partial charge on any atom is 0.336 e. The van der Waals surface area contributed by atoms with E-state index in [1.807, 2.05) is 62.5 Å². The Bertz CT molecular complexity index is 931. The van der Waals surface area contributed by atoms with Crippen LogP contribution in [0.3, 0.4) is 0 Å². The zero-order valence-electron chi connectivity index (χ0n) is 18.8. The molecule has 2 aromatic heterocycles. The van der Waals surface area contributed by atoms with Crippen LogP contribution in [0.2, 0.25) is 0 Å². The molecule has 1 unspecified atom stereocenters. The van der Waals surface area contributed by atoms with Crippen molar-refractivity contribution in [1.82, 2.24) is 14.8 Å². The van der Waals surface area contributed by atoms with Gasteiger partial charge in [-0.2, -0.15) is 4.98 Å². The Morgan fingerprint density at radius 3 is 2.48 bits per heavy atom. The van der Waals surface area contributed by atoms with Gasteiger partial charge in [-0.15, -0.1) is 16.4 Å². The highest BCUT2D eigenvalue weighted by molar-refractivity contribution is 7.13. The van der Waals surface area contributed by atoms with Gasteiger partial charge in [0.25, 0.3) is 0 Å². The summed E-state index contributed by atoms with van der Waals surface area (Å²) in [5, 5.41) is 20.0. The second-order valence-electron chi connectivity index (χ2n) is 8.82. The number of hydrogen-bond donors (Lipinski definition) is 2. The van der Waals surface area contributed by atoms with Crippen LogP contribution in [0.15, 0.2) is 41.8 Å². The highest BCUT2D eigenvalue weighted by Gasteiger charge is 2.16. The third kappa shape index (κ3) is 7.05. The lowest BCUT2D eigenvalue weighted by atomic mass is 10.2. The zero-order chi connectivity index (χ0) is 22.4. The maximum atomic E-state index is 10.1. The Morgan fingerprint density at radius 1 is 1.13 bits per heavy atom. The van der Waals surface area contributed by atoms with Crippen molar-refractivity contribution in [3.05, 3.63) is 41.8 Å². The molecule has 0 radical (unpaired) electrons. The average molecular weight is 445 g/mol. The molecule has 0 spiro atoms. The predicted octanol–water partition coefficient (Wildman–Crippen LogP) is 4.62. The van der Waals surface area contributed by atoms with Crippen molar-refractivity contribution in [2.24, 2.45) is 5.92 Å². The Labute approximate surface area is 188 Å². The van der Waals surface area contributed by atoms with Crippen LogP contribution in [-0.2, 0) is 4.74 Å². The average Bonchev–Trinajstić information content (AvgIpc) is 3.38. The lowest BCUT2D eigenvalue weighted by Gasteiger charge is -2.22. The number of hydrogen-bond acceptors (Lipinski definition) is 7. The van der Waals surface area contributed by atoms with E-state index in [4.69, 9.17) is 9.47 Å². The summed E-state index contributed by atoms with van der Waals surface area (Å²) in [4.78, 5) is 5.62. The summed E-state index contributed by atoms with van der Waals surface area (Å²) in [5.74, 6) is 1.15. The van der Waals surface area contributed by atoms with Gasteiger partial charge in [0.15, 0.2) is 5.82 Å². The second-order valence-corrected chi connectivity index (χ2v) is 9.76. The van der Waals surface area contributed by atoms with Crippen LogP contribution in [0.4, 0.5) is 5.69 Å². The lowest BCUT2D eigenvalue weighted by molar-refractivity contribution is -0.0449. The van der Waals surface area contributed by atoms with E-state index in [-0.39, 0.29) is 12.2 Å². The topological polar surface area (TPSA) is 81.4 Å². The van der Waals surface area contributed by atoms with Crippen LogP contribution in [0, 0.1) is 5.92 Å². The molecule has 31 heavy (non-hydrogen) atoms. The number of rotatable bonds is 10. The number of aromatic nitrogens is 3. The normalized spacial score (nSPS) is 12.9. The van der Waals surface area contributed by atoms with Crippen molar-refractivity contribution in [2.45, 2.75) is 46.3 Å². The molecule has 0 saturated carbocycles. The summed E-state index contributed by atoms with van der Waals surface area (Å²) >= 11 is 1.61. The van der Waals surface area contributed by atoms with Crippen molar-refractivity contribution in [1.29, 1.82) is 0 Å². The molecule has 0 aliphatic rings. The Hall–Kier alpha value is -2.42. The molecule has 1 aromatic carbocycles. The molecule has 2 N–H and O–H groups in total. The van der Waals surface area contributed by atoms with E-state index in [1.165, 1.54) is 0 Å². The SMILES string of the molecule is CC(C)COc1nc(-c2cccs2)n(-c2ccc(NCC(O)COC(C)(C)C)cc2)n1. The number of thiophene rings is 1. The summed E-state index contributed by atoms with van der Waals surface area (Å²) in [6.45, 7) is 11.4. The number of anilines is 1. The monoisotopic (exact) mass is 444 g/mol. The van der Waals surface area contributed by atoms with Crippen LogP contribution in [0.1, 0.15) is 34.6 Å². The molecule has 3 aromatic rings. The highest BCUT2D eigenvalue weighted by atomic mass is 32.1. The molecule has 0 fully saturated rings. The van der Waals surface area contributed by atoms with E-state index >= 15 is 0 Å². The quantitative estimate of drug-likeness (QED) is 0.475. The lowest BCUT2D eigenvalue weighted by Crippen LogP contribution is -2.30. The van der Waals surface area contributed by atoms with Crippen LogP contribution in [-0.4, -0.2) is 51.3 Å². The zero-order valence-corrected chi connectivity index (χ0v) is 19.6. The fraction of sp³-hybridized carbons (Fsp3) is 0.478. The van der Waals surface area contributed by atoms with Crippen LogP contribution >= 0.6 is 11.3 Å². The van der Waals surface area contributed by atoms with Crippen molar-refractivity contribution < 1.29 is 14.6 Å². The minimum atomic E-state index is -0.583. The van der Waals surface area contributed by atoms with E-state index in [1.54, 1.807) is 16.0 Å². The van der Waals surface area contributed by atoms with Gasteiger partial charge in [0, 0.05) is 12.2 Å². The standard InChI is InChI=1S/C23H32N4O3S/c1-16(2)14-29-22-25-21(20-7-6-12-31-20)27(26-22)18-10-8-17(9-11-18)24-13-19(28)15-30-23(3,4)5/h6-12,16,19,24,28H,13-15H2,1-5H3. The summed E-state index contributed by atoms with van der Waals surface area (Å²) in [6.07, 6.45) is -0.583. The van der Waals surface area contributed by atoms with Crippen molar-refractivity contribution in [3.8, 4) is 22.4 Å². The van der Waals surface area contributed by atoms with Crippen LogP contribution in [0.25, 0.3) is 16.4 Å². The number of ether oxygens (including phenoxy) is 2. The minimum absolute atomic E-state index is 0.265. The number of aliphatic hydroxyl groups is 1. The van der Waals surface area contributed by atoms with Gasteiger partial charge in [-0.3, -0.25) is 0 Å². The maximum absolute atomic E-state index is 10.1. The summed E-state index contributed by atoms with van der Waals surface area (Å²) in [7, 11) is 0. The molecule has 1 atom stereocenters. The van der Waals surface area contributed by atoms with E-state index in [2.05, 4.69) is 29.2 Å². The fourth-order valence-electron chi connectivity index (χ4n) is 2.70. The molecular formula is C23H32N4O3S. The Balaban J connectivity index is 1.70. The first-order valence-electron chi connectivity index (χ1n) is 10.5. The number of aliphatic hydroxyl groups excluding tert-OH is 1. The minimum Gasteiger partial charge on any atom is -0.462 e. The Morgan fingerprint density at radius 2 is 1.87 bits per heavy atom. The highest BCUT2D eigenvalue weighted by Crippen LogP contribution is 2.28. The van der Waals surface area contributed by atoms with Gasteiger partial charge < -0.3 is 19.9 Å². The largest absolute Gasteiger partial charge is 0.462 e. The van der Waals surface area contributed by atoms with Crippen LogP contribution < -0.4 is 10.1 Å². The van der Waals surface area contributed by atoms with Gasteiger partial charge >= 0.3 is 6.01 Å². The van der Waals surface area contributed by atoms with Gasteiger partial charge in [-0.05, 0) is 62.4 Å². The second kappa shape index (κ2) is 10.3. The molecule has 0 bridgehead atoms. The first-order valence-corrected chi connectivity index (χ1v) is 11.4. The smallest absolute Gasteiger partial charge is 0.336 e. The molecule has 0 saturated heterocycles. The van der Waals surface area contributed by atoms with E-state index < -0.39 is 6.10 Å². The van der Waals surface area contributed by atoms with Gasteiger partial charge in [0.1, 0.15) is 0 Å². The molecule has 168 valence electrons. The first kappa shape index (κ1) is 23.2. The molecule has 7 nitrogen and oxygen atoms in total. The van der Waals surface area contributed by atoms with Gasteiger partial charge in [-0.1, -0.05) is 19.9 Å². The van der Waals surface area contributed by atoms with E-state index in [9.17, 15) is 5.11 Å². The van der Waals surface area contributed by atoms with Crippen LogP contribution in [0.5, 0.6) is 6.01 Å². The first-order chi connectivity index (χ1) is 14.7. The molecule has 0 aliphatic heterocycles. The summed E-state index contributed by atoms with van der Waals surface area (Å²) in [5.41, 5.74) is 1.53. The molecule has 0 amide bonds. The van der Waals surface area contributed by atoms with Crippen molar-refractivity contribution in [2.75, 3.05) is 25.1 Å². The summed E-state index contributed by atoms with van der Waals surface area (Å²) < 4.78 is 13.2. The molecule has 3 rings (SSSR count). The van der Waals surface area contributed by atoms with E-state index in [0.717, 1.165) is 22.1 Å². The van der Waals surface area contributed by atoms with Gasteiger partial charge in [0.2, 0.25) is 0 Å². The van der Waals surface area contributed by atoms with Crippen molar-refractivity contribution >= 4 is 17.0 Å².